The Morgan fingerprint density at radius 2 is 2.33 bits per heavy atom. The predicted molar refractivity (Wildman–Crippen MR) is 57.2 cm³/mol. The van der Waals surface area contributed by atoms with Crippen LogP contribution in [-0.2, 0) is 5.54 Å². The van der Waals surface area contributed by atoms with Crippen LogP contribution >= 0.6 is 11.3 Å². The van der Waals surface area contributed by atoms with Crippen LogP contribution in [0.15, 0.2) is 11.6 Å². The molecule has 0 spiro atoms. The molecule has 0 unspecified atom stereocenters. The van der Waals surface area contributed by atoms with E-state index in [1.807, 2.05) is 5.38 Å². The molecule has 1 aliphatic rings. The van der Waals surface area contributed by atoms with Gasteiger partial charge in [0.1, 0.15) is 10.7 Å². The Kier molecular flexibility index (Phi) is 1.86. The average molecular weight is 221 g/mol. The zero-order valence-electron chi connectivity index (χ0n) is 8.10. The number of aromatic amines is 1. The Labute approximate surface area is 90.7 Å². The van der Waals surface area contributed by atoms with E-state index in [0.29, 0.717) is 0 Å². The molecule has 2 aromatic heterocycles. The molecule has 3 rings (SSSR count). The summed E-state index contributed by atoms with van der Waals surface area (Å²) in [5.74, 6) is 0. The minimum Gasteiger partial charge on any atom is -0.320 e. The lowest BCUT2D eigenvalue weighted by molar-refractivity contribution is 0.247. The molecule has 1 fully saturated rings. The van der Waals surface area contributed by atoms with Crippen LogP contribution in [0, 0.1) is 0 Å². The lowest BCUT2D eigenvalue weighted by Crippen LogP contribution is -2.43. The van der Waals surface area contributed by atoms with Crippen molar-refractivity contribution in [3.8, 4) is 10.7 Å². The van der Waals surface area contributed by atoms with Gasteiger partial charge in [0, 0.05) is 5.38 Å². The number of nitrogens with one attached hydrogen (secondary N) is 1. The highest BCUT2D eigenvalue weighted by molar-refractivity contribution is 7.13. The second-order valence-corrected chi connectivity index (χ2v) is 4.76. The summed E-state index contributed by atoms with van der Waals surface area (Å²) in [6.07, 6.45) is 4.95. The van der Waals surface area contributed by atoms with Crippen LogP contribution in [-0.4, -0.2) is 20.4 Å². The number of H-pyrrole nitrogens is 1. The number of aromatic nitrogens is 4. The molecule has 6 heteroatoms. The highest BCUT2D eigenvalue weighted by Crippen LogP contribution is 2.39. The fraction of sp³-hybridized carbons (Fsp3) is 0.444. The van der Waals surface area contributed by atoms with Gasteiger partial charge in [-0.3, -0.25) is 0 Å². The minimum absolute atomic E-state index is 0.182. The lowest BCUT2D eigenvalue weighted by atomic mass is 9.76. The molecule has 0 amide bonds. The van der Waals surface area contributed by atoms with Crippen LogP contribution in [0.25, 0.3) is 10.7 Å². The van der Waals surface area contributed by atoms with Gasteiger partial charge in [-0.15, -0.1) is 11.3 Å². The van der Waals surface area contributed by atoms with Gasteiger partial charge in [-0.05, 0) is 19.3 Å². The second kappa shape index (κ2) is 3.11. The minimum atomic E-state index is -0.182. The first-order chi connectivity index (χ1) is 7.28. The van der Waals surface area contributed by atoms with E-state index in [-0.39, 0.29) is 5.54 Å². The number of nitrogens with two attached hydrogens (primary N) is 1. The van der Waals surface area contributed by atoms with Crippen molar-refractivity contribution in [2.75, 3.05) is 0 Å². The van der Waals surface area contributed by atoms with Crippen LogP contribution in [0.1, 0.15) is 25.0 Å². The highest BCUT2D eigenvalue weighted by atomic mass is 32.1. The number of hydrogen-bond donors (Lipinski definition) is 2. The van der Waals surface area contributed by atoms with Crippen LogP contribution < -0.4 is 5.73 Å². The van der Waals surface area contributed by atoms with E-state index in [1.54, 1.807) is 17.5 Å². The van der Waals surface area contributed by atoms with Crippen molar-refractivity contribution in [3.63, 3.8) is 0 Å². The van der Waals surface area contributed by atoms with Gasteiger partial charge in [-0.25, -0.2) is 4.98 Å². The number of hydrogen-bond acceptors (Lipinski definition) is 5. The summed E-state index contributed by atoms with van der Waals surface area (Å²) in [5, 5.41) is 13.3. The molecule has 0 aromatic carbocycles. The first-order valence-electron chi connectivity index (χ1n) is 4.89. The van der Waals surface area contributed by atoms with Crippen LogP contribution in [0.4, 0.5) is 0 Å². The Bertz CT molecular complexity index is 457. The standard InChI is InChI=1S/C9H11N5S/c10-9(2-1-3-9)7-5-15-8(12-7)6-4-11-14-13-6/h4-5H,1-3,10H2,(H,11,13,14). The van der Waals surface area contributed by atoms with Crippen molar-refractivity contribution < 1.29 is 0 Å². The van der Waals surface area contributed by atoms with Crippen molar-refractivity contribution in [2.24, 2.45) is 5.73 Å². The summed E-state index contributed by atoms with van der Waals surface area (Å²) >= 11 is 1.57. The van der Waals surface area contributed by atoms with Crippen LogP contribution in [0.2, 0.25) is 0 Å². The number of rotatable bonds is 2. The molecule has 2 aromatic rings. The molecule has 0 aliphatic heterocycles. The van der Waals surface area contributed by atoms with Crippen molar-refractivity contribution >= 4 is 11.3 Å². The van der Waals surface area contributed by atoms with E-state index >= 15 is 0 Å². The first kappa shape index (κ1) is 8.99. The molecule has 1 aliphatic carbocycles. The van der Waals surface area contributed by atoms with Gasteiger partial charge in [-0.1, -0.05) is 0 Å². The Balaban J connectivity index is 1.94. The number of thiazole rings is 1. The zero-order chi connectivity index (χ0) is 10.3. The van der Waals surface area contributed by atoms with Gasteiger partial charge in [0.2, 0.25) is 0 Å². The number of nitrogens with zero attached hydrogens (tertiary/aromatic N) is 3. The third kappa shape index (κ3) is 1.37. The summed E-state index contributed by atoms with van der Waals surface area (Å²) in [6.45, 7) is 0. The van der Waals surface area contributed by atoms with Crippen LogP contribution in [0.3, 0.4) is 0 Å². The molecule has 15 heavy (non-hydrogen) atoms. The molecule has 0 saturated heterocycles. The molecule has 1 saturated carbocycles. The lowest BCUT2D eigenvalue weighted by Gasteiger charge is -2.36. The Hall–Kier alpha value is -1.27. The zero-order valence-corrected chi connectivity index (χ0v) is 8.92. The quantitative estimate of drug-likeness (QED) is 0.800. The molecule has 5 nitrogen and oxygen atoms in total. The summed E-state index contributed by atoms with van der Waals surface area (Å²) in [5.41, 5.74) is 7.79. The van der Waals surface area contributed by atoms with Crippen molar-refractivity contribution in [2.45, 2.75) is 24.8 Å². The van der Waals surface area contributed by atoms with Gasteiger partial charge in [-0.2, -0.15) is 15.4 Å². The molecule has 2 heterocycles. The largest absolute Gasteiger partial charge is 0.320 e. The topological polar surface area (TPSA) is 80.5 Å². The third-order valence-electron chi connectivity index (χ3n) is 2.89. The van der Waals surface area contributed by atoms with Crippen molar-refractivity contribution in [1.29, 1.82) is 0 Å². The average Bonchev–Trinajstić information content (AvgIpc) is 2.84. The van der Waals surface area contributed by atoms with Gasteiger partial charge >= 0.3 is 0 Å². The predicted octanol–water partition coefficient (Wildman–Crippen LogP) is 1.27. The maximum atomic E-state index is 6.19. The molecule has 3 N–H and O–H groups in total. The smallest absolute Gasteiger partial charge is 0.145 e. The van der Waals surface area contributed by atoms with Crippen molar-refractivity contribution in [1.82, 2.24) is 20.4 Å². The molecule has 0 bridgehead atoms. The summed E-state index contributed by atoms with van der Waals surface area (Å²) in [4.78, 5) is 4.52. The SMILES string of the molecule is NC1(c2csc(-c3cn[nH]n3)n2)CCC1. The van der Waals surface area contributed by atoms with Gasteiger partial charge < -0.3 is 5.73 Å². The monoisotopic (exact) mass is 221 g/mol. The van der Waals surface area contributed by atoms with E-state index in [1.165, 1.54) is 6.42 Å². The molecular weight excluding hydrogens is 210 g/mol. The second-order valence-electron chi connectivity index (χ2n) is 3.90. The van der Waals surface area contributed by atoms with E-state index in [4.69, 9.17) is 5.73 Å². The normalized spacial score (nSPS) is 18.7. The summed E-state index contributed by atoms with van der Waals surface area (Å²) in [6, 6.07) is 0. The molecule has 78 valence electrons. The molecule has 0 atom stereocenters. The van der Waals surface area contributed by atoms with Gasteiger partial charge in [0.15, 0.2) is 0 Å². The molecule has 0 radical (unpaired) electrons. The third-order valence-corrected chi connectivity index (χ3v) is 3.76. The summed E-state index contributed by atoms with van der Waals surface area (Å²) < 4.78 is 0. The maximum absolute atomic E-state index is 6.19. The Morgan fingerprint density at radius 3 is 2.93 bits per heavy atom. The fourth-order valence-electron chi connectivity index (χ4n) is 1.74. The van der Waals surface area contributed by atoms with E-state index in [2.05, 4.69) is 20.4 Å². The van der Waals surface area contributed by atoms with Gasteiger partial charge in [0.05, 0.1) is 17.4 Å². The van der Waals surface area contributed by atoms with E-state index < -0.39 is 0 Å². The fourth-order valence-corrected chi connectivity index (χ4v) is 2.62. The van der Waals surface area contributed by atoms with E-state index in [9.17, 15) is 0 Å². The maximum Gasteiger partial charge on any atom is 0.145 e. The first-order valence-corrected chi connectivity index (χ1v) is 5.77. The van der Waals surface area contributed by atoms with Crippen molar-refractivity contribution in [3.05, 3.63) is 17.3 Å². The van der Waals surface area contributed by atoms with Crippen LogP contribution in [0.5, 0.6) is 0 Å². The Morgan fingerprint density at radius 1 is 1.47 bits per heavy atom. The van der Waals surface area contributed by atoms with Gasteiger partial charge in [0.25, 0.3) is 0 Å². The molecular formula is C9H11N5S. The van der Waals surface area contributed by atoms with E-state index in [0.717, 1.165) is 29.2 Å². The highest BCUT2D eigenvalue weighted by Gasteiger charge is 2.36. The summed E-state index contributed by atoms with van der Waals surface area (Å²) in [7, 11) is 0.